The number of halogens is 1. The first kappa shape index (κ1) is 8.57. The molecule has 3 nitrogen and oxygen atoms in total. The number of nitrogens with zero attached hydrogens (tertiary/aromatic N) is 2. The van der Waals surface area contributed by atoms with Crippen molar-refractivity contribution in [2.45, 2.75) is 0 Å². The average molecular weight is 181 g/mol. The molecule has 0 atom stereocenters. The molecule has 0 amide bonds. The number of hydrogen-bond donors (Lipinski definition) is 1. The first-order chi connectivity index (χ1) is 5.77. The number of rotatable bonds is 1. The molecule has 0 radical (unpaired) electrons. The number of benzene rings is 1. The van der Waals surface area contributed by atoms with Gasteiger partial charge < -0.3 is 5.21 Å². The Labute approximate surface area is 74.5 Å². The highest BCUT2D eigenvalue weighted by atomic mass is 35.5. The van der Waals surface area contributed by atoms with Crippen LogP contribution < -0.4 is 0 Å². The van der Waals surface area contributed by atoms with Gasteiger partial charge in [0.05, 0.1) is 11.6 Å². The maximum absolute atomic E-state index is 8.46. The fraction of sp³-hybridized carbons (Fsp3) is 0. The summed E-state index contributed by atoms with van der Waals surface area (Å²) < 4.78 is 0. The highest BCUT2D eigenvalue weighted by Crippen LogP contribution is 2.06. The topological polar surface area (TPSA) is 56.4 Å². The van der Waals surface area contributed by atoms with Crippen LogP contribution in [0.2, 0.25) is 0 Å². The zero-order valence-corrected chi connectivity index (χ0v) is 6.78. The molecule has 1 N–H and O–H groups in total. The lowest BCUT2D eigenvalue weighted by molar-refractivity contribution is 0.321. The Bertz CT molecular complexity index is 337. The van der Waals surface area contributed by atoms with E-state index in [2.05, 4.69) is 5.16 Å². The maximum Gasteiger partial charge on any atom is 0.175 e. The van der Waals surface area contributed by atoms with Crippen LogP contribution in [0.4, 0.5) is 0 Å². The minimum absolute atomic E-state index is 0.0134. The van der Waals surface area contributed by atoms with Crippen LogP contribution in [0.25, 0.3) is 0 Å². The first-order valence-electron chi connectivity index (χ1n) is 3.16. The van der Waals surface area contributed by atoms with Crippen LogP contribution in [0, 0.1) is 11.3 Å². The molecular formula is C8H5ClN2O. The van der Waals surface area contributed by atoms with E-state index < -0.39 is 0 Å². The van der Waals surface area contributed by atoms with Crippen LogP contribution in [0.1, 0.15) is 11.1 Å². The predicted molar refractivity (Wildman–Crippen MR) is 45.3 cm³/mol. The van der Waals surface area contributed by atoms with Gasteiger partial charge in [-0.25, -0.2) is 0 Å². The second-order valence-corrected chi connectivity index (χ2v) is 2.44. The molecule has 4 heteroatoms. The molecule has 0 aliphatic heterocycles. The van der Waals surface area contributed by atoms with E-state index >= 15 is 0 Å². The molecule has 0 saturated carbocycles. The second kappa shape index (κ2) is 3.74. The molecule has 0 bridgehead atoms. The van der Waals surface area contributed by atoms with Gasteiger partial charge in [-0.05, 0) is 12.1 Å². The lowest BCUT2D eigenvalue weighted by Crippen LogP contribution is -1.90. The van der Waals surface area contributed by atoms with Crippen molar-refractivity contribution in [1.82, 2.24) is 0 Å². The van der Waals surface area contributed by atoms with Crippen molar-refractivity contribution in [2.24, 2.45) is 5.16 Å². The monoisotopic (exact) mass is 180 g/mol. The normalized spacial score (nSPS) is 10.8. The summed E-state index contributed by atoms with van der Waals surface area (Å²) in [6.45, 7) is 0. The minimum Gasteiger partial charge on any atom is -0.410 e. The van der Waals surface area contributed by atoms with E-state index in [9.17, 15) is 0 Å². The Morgan fingerprint density at radius 2 is 2.00 bits per heavy atom. The van der Waals surface area contributed by atoms with Gasteiger partial charge in [0, 0.05) is 5.56 Å². The Morgan fingerprint density at radius 3 is 2.42 bits per heavy atom. The van der Waals surface area contributed by atoms with Crippen molar-refractivity contribution in [2.75, 3.05) is 0 Å². The van der Waals surface area contributed by atoms with E-state index in [1.807, 2.05) is 6.07 Å². The van der Waals surface area contributed by atoms with Crippen molar-refractivity contribution in [1.29, 1.82) is 5.26 Å². The Kier molecular flexibility index (Phi) is 2.67. The molecule has 0 aliphatic carbocycles. The fourth-order valence-electron chi connectivity index (χ4n) is 0.740. The fourth-order valence-corrected chi connectivity index (χ4v) is 0.866. The van der Waals surface area contributed by atoms with Gasteiger partial charge in [0.1, 0.15) is 0 Å². The zero-order chi connectivity index (χ0) is 8.97. The Morgan fingerprint density at radius 1 is 1.42 bits per heavy atom. The third-order valence-corrected chi connectivity index (χ3v) is 1.63. The van der Waals surface area contributed by atoms with Gasteiger partial charge in [0.2, 0.25) is 0 Å². The van der Waals surface area contributed by atoms with Gasteiger partial charge in [-0.1, -0.05) is 28.9 Å². The molecule has 0 saturated heterocycles. The van der Waals surface area contributed by atoms with Gasteiger partial charge in [-0.2, -0.15) is 5.26 Å². The summed E-state index contributed by atoms with van der Waals surface area (Å²) in [5.41, 5.74) is 1.12. The van der Waals surface area contributed by atoms with Crippen LogP contribution in [-0.2, 0) is 0 Å². The van der Waals surface area contributed by atoms with E-state index in [0.717, 1.165) is 0 Å². The van der Waals surface area contributed by atoms with Gasteiger partial charge in [0.25, 0.3) is 0 Å². The summed E-state index contributed by atoms with van der Waals surface area (Å²) in [5.74, 6) is 0. The molecule has 1 rings (SSSR count). The molecule has 12 heavy (non-hydrogen) atoms. The number of oxime groups is 1. The molecule has 0 spiro atoms. The van der Waals surface area contributed by atoms with Gasteiger partial charge in [-0.3, -0.25) is 0 Å². The van der Waals surface area contributed by atoms with E-state index in [1.165, 1.54) is 0 Å². The van der Waals surface area contributed by atoms with E-state index in [1.54, 1.807) is 24.3 Å². The Hall–Kier alpha value is -1.53. The van der Waals surface area contributed by atoms with Crippen molar-refractivity contribution in [3.8, 4) is 6.07 Å². The summed E-state index contributed by atoms with van der Waals surface area (Å²) in [4.78, 5) is 0. The molecule has 1 aromatic carbocycles. The van der Waals surface area contributed by atoms with Crippen LogP contribution >= 0.6 is 11.6 Å². The Balaban J connectivity index is 3.02. The van der Waals surface area contributed by atoms with Crippen LogP contribution in [0.5, 0.6) is 0 Å². The highest BCUT2D eigenvalue weighted by molar-refractivity contribution is 6.69. The predicted octanol–water partition coefficient (Wildman–Crippen LogP) is 1.93. The largest absolute Gasteiger partial charge is 0.410 e. The van der Waals surface area contributed by atoms with Crippen LogP contribution in [0.3, 0.4) is 0 Å². The quantitative estimate of drug-likeness (QED) is 0.408. The third kappa shape index (κ3) is 1.74. The minimum atomic E-state index is 0.0134. The smallest absolute Gasteiger partial charge is 0.175 e. The van der Waals surface area contributed by atoms with E-state index in [0.29, 0.717) is 11.1 Å². The molecular weight excluding hydrogens is 176 g/mol. The lowest BCUT2D eigenvalue weighted by Gasteiger charge is -1.94. The average Bonchev–Trinajstić information content (AvgIpc) is 2.17. The molecule has 1 aromatic rings. The molecule has 0 heterocycles. The van der Waals surface area contributed by atoms with E-state index in [-0.39, 0.29) is 5.17 Å². The molecule has 0 unspecified atom stereocenters. The lowest BCUT2D eigenvalue weighted by atomic mass is 10.2. The molecule has 0 aliphatic rings. The van der Waals surface area contributed by atoms with Gasteiger partial charge in [0.15, 0.2) is 5.17 Å². The highest BCUT2D eigenvalue weighted by Gasteiger charge is 1.98. The number of nitriles is 1. The van der Waals surface area contributed by atoms with Crippen molar-refractivity contribution in [3.63, 3.8) is 0 Å². The first-order valence-corrected chi connectivity index (χ1v) is 3.54. The molecule has 60 valence electrons. The summed E-state index contributed by atoms with van der Waals surface area (Å²) in [5, 5.41) is 19.6. The van der Waals surface area contributed by atoms with Crippen molar-refractivity contribution in [3.05, 3.63) is 35.4 Å². The van der Waals surface area contributed by atoms with Crippen LogP contribution in [-0.4, -0.2) is 10.4 Å². The summed E-state index contributed by atoms with van der Waals surface area (Å²) >= 11 is 5.50. The maximum atomic E-state index is 8.46. The summed E-state index contributed by atoms with van der Waals surface area (Å²) in [7, 11) is 0. The SMILES string of the molecule is N#Cc1ccc(/C(Cl)=N\O)cc1. The van der Waals surface area contributed by atoms with Crippen LogP contribution in [0.15, 0.2) is 29.4 Å². The van der Waals surface area contributed by atoms with Gasteiger partial charge >= 0.3 is 0 Å². The second-order valence-electron chi connectivity index (χ2n) is 2.08. The zero-order valence-electron chi connectivity index (χ0n) is 6.03. The van der Waals surface area contributed by atoms with Crippen molar-refractivity contribution >= 4 is 16.8 Å². The standard InChI is InChI=1S/C8H5ClN2O/c9-8(11-12)7-3-1-6(5-10)2-4-7/h1-4,12H/b11-8+. The summed E-state index contributed by atoms with van der Waals surface area (Å²) in [6, 6.07) is 8.39. The van der Waals surface area contributed by atoms with E-state index in [4.69, 9.17) is 22.1 Å². The third-order valence-electron chi connectivity index (χ3n) is 1.34. The molecule has 0 fully saturated rings. The summed E-state index contributed by atoms with van der Waals surface area (Å²) in [6.07, 6.45) is 0. The number of hydrogen-bond acceptors (Lipinski definition) is 3. The molecule has 0 aromatic heterocycles. The van der Waals surface area contributed by atoms with Crippen molar-refractivity contribution < 1.29 is 5.21 Å². The van der Waals surface area contributed by atoms with Gasteiger partial charge in [-0.15, -0.1) is 0 Å².